The number of likely N-dealkylation sites (N-methyl/N-ethyl adjacent to an activating group) is 1. The third-order valence-electron chi connectivity index (χ3n) is 7.83. The summed E-state index contributed by atoms with van der Waals surface area (Å²) >= 11 is 0. The van der Waals surface area contributed by atoms with Gasteiger partial charge in [-0.15, -0.1) is 0 Å². The van der Waals surface area contributed by atoms with E-state index in [0.29, 0.717) is 31.7 Å². The number of amides is 2. The molecule has 5 unspecified atom stereocenters. The first-order valence-electron chi connectivity index (χ1n) is 14.1. The van der Waals surface area contributed by atoms with Crippen LogP contribution in [0.3, 0.4) is 0 Å². The molecule has 3 fully saturated rings. The lowest BCUT2D eigenvalue weighted by atomic mass is 9.98. The molecule has 3 aliphatic heterocycles. The van der Waals surface area contributed by atoms with E-state index >= 15 is 0 Å². The van der Waals surface area contributed by atoms with Crippen LogP contribution < -0.4 is 20.7 Å². The zero-order valence-corrected chi connectivity index (χ0v) is 22.8. The summed E-state index contributed by atoms with van der Waals surface area (Å²) in [6.07, 6.45) is 8.23. The van der Waals surface area contributed by atoms with Crippen LogP contribution in [0.5, 0.6) is 5.75 Å². The maximum Gasteiger partial charge on any atom is 0.347 e. The third kappa shape index (κ3) is 6.67. The number of nitrogens with zero attached hydrogens (tertiary/aromatic N) is 1. The van der Waals surface area contributed by atoms with E-state index < -0.39 is 12.1 Å². The van der Waals surface area contributed by atoms with Gasteiger partial charge in [-0.3, -0.25) is 9.59 Å². The van der Waals surface area contributed by atoms with Gasteiger partial charge in [0.25, 0.3) is 0 Å². The number of hydrogen-bond donors (Lipinski definition) is 3. The molecule has 0 aliphatic carbocycles. The minimum atomic E-state index is -0.585. The zero-order chi connectivity index (χ0) is 27.1. The summed E-state index contributed by atoms with van der Waals surface area (Å²) in [5.74, 6) is 0.124. The van der Waals surface area contributed by atoms with Gasteiger partial charge in [0.15, 0.2) is 6.10 Å². The molecule has 4 rings (SSSR count). The minimum absolute atomic E-state index is 0.0245. The van der Waals surface area contributed by atoms with Gasteiger partial charge in [-0.2, -0.15) is 0 Å². The molecule has 0 aromatic heterocycles. The van der Waals surface area contributed by atoms with Crippen LogP contribution in [0.25, 0.3) is 0 Å². The number of nitrogens with one attached hydrogen (secondary N) is 3. The maximum atomic E-state index is 13.8. The highest BCUT2D eigenvalue weighted by Gasteiger charge is 2.43. The van der Waals surface area contributed by atoms with Crippen molar-refractivity contribution < 1.29 is 23.9 Å². The van der Waals surface area contributed by atoms with Crippen molar-refractivity contribution >= 4 is 17.8 Å². The molecule has 1 aromatic rings. The van der Waals surface area contributed by atoms with Gasteiger partial charge in [0.05, 0.1) is 6.61 Å². The first-order valence-corrected chi connectivity index (χ1v) is 14.1. The fourth-order valence-electron chi connectivity index (χ4n) is 5.64. The van der Waals surface area contributed by atoms with Crippen molar-refractivity contribution in [2.45, 2.75) is 102 Å². The monoisotopic (exact) mass is 526 g/mol. The van der Waals surface area contributed by atoms with Crippen molar-refractivity contribution in [1.29, 1.82) is 0 Å². The fourth-order valence-corrected chi connectivity index (χ4v) is 5.64. The van der Waals surface area contributed by atoms with Gasteiger partial charge in [0.2, 0.25) is 11.8 Å². The lowest BCUT2D eigenvalue weighted by Gasteiger charge is -2.36. The molecule has 0 bridgehead atoms. The largest absolute Gasteiger partial charge is 0.479 e. The summed E-state index contributed by atoms with van der Waals surface area (Å²) in [5.41, 5.74) is 1.89. The fraction of sp³-hybridized carbons (Fsp3) is 0.621. The predicted molar refractivity (Wildman–Crippen MR) is 144 cm³/mol. The number of esters is 1. The van der Waals surface area contributed by atoms with E-state index in [1.54, 1.807) is 6.07 Å². The topological polar surface area (TPSA) is 109 Å². The Morgan fingerprint density at radius 2 is 2.00 bits per heavy atom. The highest BCUT2D eigenvalue weighted by molar-refractivity contribution is 5.91. The molecule has 0 spiro atoms. The van der Waals surface area contributed by atoms with Gasteiger partial charge >= 0.3 is 5.97 Å². The zero-order valence-electron chi connectivity index (χ0n) is 22.8. The smallest absolute Gasteiger partial charge is 0.347 e. The van der Waals surface area contributed by atoms with Crippen LogP contribution in [-0.4, -0.2) is 66.6 Å². The molecule has 3 aliphatic rings. The van der Waals surface area contributed by atoms with E-state index in [1.807, 2.05) is 30.1 Å². The number of cyclic esters (lactones) is 1. The van der Waals surface area contributed by atoms with E-state index in [9.17, 15) is 14.4 Å². The van der Waals surface area contributed by atoms with Gasteiger partial charge in [0, 0.05) is 30.7 Å². The molecular weight excluding hydrogens is 484 g/mol. The molecule has 3 heterocycles. The number of benzene rings is 1. The molecule has 3 N–H and O–H groups in total. The second kappa shape index (κ2) is 13.1. The molecule has 1 aromatic carbocycles. The Morgan fingerprint density at radius 3 is 2.74 bits per heavy atom. The summed E-state index contributed by atoms with van der Waals surface area (Å²) in [6.45, 7) is 4.86. The molecule has 3 saturated heterocycles. The number of rotatable bonds is 10. The van der Waals surface area contributed by atoms with Crippen LogP contribution in [0.15, 0.2) is 36.0 Å². The predicted octanol–water partition coefficient (Wildman–Crippen LogP) is 2.79. The van der Waals surface area contributed by atoms with Crippen molar-refractivity contribution in [2.75, 3.05) is 13.7 Å². The number of carbonyl (C=O) groups excluding carboxylic acids is 3. The lowest BCUT2D eigenvalue weighted by Crippen LogP contribution is -2.56. The van der Waals surface area contributed by atoms with Crippen molar-refractivity contribution in [1.82, 2.24) is 20.9 Å². The Balaban J connectivity index is 1.41. The summed E-state index contributed by atoms with van der Waals surface area (Å²) in [7, 11) is 1.91. The first-order chi connectivity index (χ1) is 18.4. The van der Waals surface area contributed by atoms with Crippen LogP contribution in [0.4, 0.5) is 0 Å². The minimum Gasteiger partial charge on any atom is -0.479 e. The quantitative estimate of drug-likeness (QED) is 0.402. The van der Waals surface area contributed by atoms with E-state index in [4.69, 9.17) is 9.47 Å². The van der Waals surface area contributed by atoms with Gasteiger partial charge in [-0.25, -0.2) is 4.79 Å². The summed E-state index contributed by atoms with van der Waals surface area (Å²) in [6, 6.07) is 6.78. The Kier molecular flexibility index (Phi) is 9.66. The molecule has 9 heteroatoms. The molecule has 38 heavy (non-hydrogen) atoms. The first kappa shape index (κ1) is 28.0. The number of ether oxygens (including phenoxy) is 2. The van der Waals surface area contributed by atoms with Crippen molar-refractivity contribution in [3.05, 3.63) is 41.6 Å². The molecule has 9 nitrogen and oxygen atoms in total. The summed E-state index contributed by atoms with van der Waals surface area (Å²) < 4.78 is 10.7. The van der Waals surface area contributed by atoms with E-state index in [1.165, 1.54) is 0 Å². The molecule has 2 amide bonds. The lowest BCUT2D eigenvalue weighted by molar-refractivity contribution is -0.143. The van der Waals surface area contributed by atoms with E-state index in [-0.39, 0.29) is 35.9 Å². The second-order valence-electron chi connectivity index (χ2n) is 10.5. The van der Waals surface area contributed by atoms with Crippen LogP contribution in [0.1, 0.15) is 70.8 Å². The molecule has 208 valence electrons. The third-order valence-corrected chi connectivity index (χ3v) is 7.83. The Hall–Kier alpha value is -3.07. The Bertz CT molecular complexity index is 1030. The van der Waals surface area contributed by atoms with Gasteiger partial charge in [-0.1, -0.05) is 38.0 Å². The number of allylic oxidation sites excluding steroid dienone is 1. The standard InChI is InChI=1S/C29H42N4O5/c1-4-8-23(19(2)30-3)32-24-12-6-5-10-21-13-14-25(33(21)28(24)35)27(34)31-18-20-9-7-11-22(17-20)38-26-15-16-37-29(26)36/h7-9,11,17,19,21,24-26,30,32H,4-6,10,12-16,18H2,1-3H3,(H,31,34)/b23-8+. The SMILES string of the molecule is CC/C=C(/NC1CCCCC2CCC(C(=O)NCc3cccc(OC4CCOC4=O)c3)N2C1=O)C(C)NC. The van der Waals surface area contributed by atoms with Crippen LogP contribution in [-0.2, 0) is 25.7 Å². The maximum absolute atomic E-state index is 13.8. The van der Waals surface area contributed by atoms with Crippen LogP contribution >= 0.6 is 0 Å². The van der Waals surface area contributed by atoms with Crippen molar-refractivity contribution in [3.63, 3.8) is 0 Å². The van der Waals surface area contributed by atoms with Crippen molar-refractivity contribution in [3.8, 4) is 5.75 Å². The van der Waals surface area contributed by atoms with E-state index in [0.717, 1.165) is 49.8 Å². The van der Waals surface area contributed by atoms with Gasteiger partial charge in [-0.05, 0) is 63.8 Å². The highest BCUT2D eigenvalue weighted by atomic mass is 16.6. The summed E-state index contributed by atoms with van der Waals surface area (Å²) in [4.78, 5) is 40.8. The Morgan fingerprint density at radius 1 is 1.18 bits per heavy atom. The summed E-state index contributed by atoms with van der Waals surface area (Å²) in [5, 5.41) is 9.83. The highest BCUT2D eigenvalue weighted by Crippen LogP contribution is 2.32. The number of fused-ring (bicyclic) bond motifs is 1. The number of carbonyl (C=O) groups is 3. The average Bonchev–Trinajstić information content (AvgIpc) is 3.52. The van der Waals surface area contributed by atoms with Crippen molar-refractivity contribution in [2.24, 2.45) is 0 Å². The number of hydrogen-bond acceptors (Lipinski definition) is 7. The van der Waals surface area contributed by atoms with Gasteiger partial charge in [0.1, 0.15) is 17.8 Å². The second-order valence-corrected chi connectivity index (χ2v) is 10.5. The molecular formula is C29H42N4O5. The van der Waals surface area contributed by atoms with Crippen LogP contribution in [0.2, 0.25) is 0 Å². The average molecular weight is 527 g/mol. The molecule has 0 radical (unpaired) electrons. The van der Waals surface area contributed by atoms with Crippen LogP contribution in [0, 0.1) is 0 Å². The molecule has 5 atom stereocenters. The van der Waals surface area contributed by atoms with E-state index in [2.05, 4.69) is 35.9 Å². The normalized spacial score (nSPS) is 26.7. The Labute approximate surface area is 225 Å². The van der Waals surface area contributed by atoms with Gasteiger partial charge < -0.3 is 30.3 Å². The molecule has 0 saturated carbocycles.